The summed E-state index contributed by atoms with van der Waals surface area (Å²) in [6, 6.07) is 5.89. The molecule has 1 aromatic carbocycles. The molecule has 0 radical (unpaired) electrons. The number of benzene rings is 1. The Bertz CT molecular complexity index is 1010. The van der Waals surface area contributed by atoms with E-state index in [4.69, 9.17) is 12.2 Å². The van der Waals surface area contributed by atoms with Crippen LogP contribution in [0.15, 0.2) is 34.2 Å². The number of non-ortho nitro benzene ring substituents is 1. The van der Waals surface area contributed by atoms with Crippen LogP contribution < -0.4 is 11.0 Å². The number of nitro groups is 1. The summed E-state index contributed by atoms with van der Waals surface area (Å²) in [5.74, 6) is -0.193. The molecule has 0 saturated heterocycles. The summed E-state index contributed by atoms with van der Waals surface area (Å²) in [6.07, 6.45) is 2.09. The third-order valence-corrected chi connectivity index (χ3v) is 4.78. The minimum Gasteiger partial charge on any atom is -0.494 e. The first-order valence-electron chi connectivity index (χ1n) is 8.55. The molecule has 0 saturated carbocycles. The van der Waals surface area contributed by atoms with Gasteiger partial charge in [0.15, 0.2) is 4.77 Å². The van der Waals surface area contributed by atoms with Crippen LogP contribution in [0.2, 0.25) is 0 Å². The van der Waals surface area contributed by atoms with Crippen molar-refractivity contribution in [2.24, 2.45) is 5.10 Å². The molecule has 2 heterocycles. The smallest absolute Gasteiger partial charge is 0.269 e. The number of aromatic amines is 1. The Hall–Kier alpha value is -3.01. The summed E-state index contributed by atoms with van der Waals surface area (Å²) < 4.78 is 1.67. The molecule has 0 aliphatic carbocycles. The second-order valence-corrected chi connectivity index (χ2v) is 6.64. The van der Waals surface area contributed by atoms with Crippen molar-refractivity contribution in [2.75, 3.05) is 0 Å². The number of rotatable bonds is 6. The quantitative estimate of drug-likeness (QED) is 0.396. The van der Waals surface area contributed by atoms with Crippen LogP contribution in [0.1, 0.15) is 43.4 Å². The Morgan fingerprint density at radius 3 is 2.74 bits per heavy atom. The van der Waals surface area contributed by atoms with E-state index in [1.807, 2.05) is 6.92 Å². The highest BCUT2D eigenvalue weighted by molar-refractivity contribution is 7.71. The minimum atomic E-state index is -0.491. The van der Waals surface area contributed by atoms with Crippen molar-refractivity contribution in [3.63, 3.8) is 0 Å². The Morgan fingerprint density at radius 1 is 1.41 bits per heavy atom. The van der Waals surface area contributed by atoms with Gasteiger partial charge in [0.25, 0.3) is 11.2 Å². The molecule has 3 rings (SSSR count). The molecule has 0 amide bonds. The highest BCUT2D eigenvalue weighted by atomic mass is 32.1. The summed E-state index contributed by atoms with van der Waals surface area (Å²) in [4.78, 5) is 25.3. The van der Waals surface area contributed by atoms with Gasteiger partial charge in [-0.3, -0.25) is 24.5 Å². The van der Waals surface area contributed by atoms with Gasteiger partial charge in [-0.25, -0.2) is 0 Å². The third-order valence-electron chi connectivity index (χ3n) is 4.45. The summed E-state index contributed by atoms with van der Waals surface area (Å²) in [5, 5.41) is 25.6. The monoisotopic (exact) mass is 389 g/mol. The zero-order valence-corrected chi connectivity index (χ0v) is 15.5. The number of aromatic nitrogens is 2. The normalized spacial score (nSPS) is 16.0. The van der Waals surface area contributed by atoms with Crippen LogP contribution in [-0.4, -0.2) is 25.3 Å². The average Bonchev–Trinajstić information content (AvgIpc) is 3.11. The fourth-order valence-corrected chi connectivity index (χ4v) is 3.23. The minimum absolute atomic E-state index is 0.00461. The molecule has 0 fully saturated rings. The van der Waals surface area contributed by atoms with E-state index < -0.39 is 10.5 Å². The molecule has 0 bridgehead atoms. The lowest BCUT2D eigenvalue weighted by Gasteiger charge is -2.12. The number of hydrazone groups is 1. The van der Waals surface area contributed by atoms with Gasteiger partial charge in [-0.15, -0.1) is 0 Å². The van der Waals surface area contributed by atoms with Gasteiger partial charge < -0.3 is 10.5 Å². The zero-order chi connectivity index (χ0) is 19.6. The van der Waals surface area contributed by atoms with Gasteiger partial charge in [0, 0.05) is 25.1 Å². The largest absolute Gasteiger partial charge is 0.494 e. The van der Waals surface area contributed by atoms with E-state index in [1.165, 1.54) is 16.7 Å². The fraction of sp³-hybridized carbons (Fsp3) is 0.353. The van der Waals surface area contributed by atoms with Crippen molar-refractivity contribution in [2.45, 2.75) is 38.8 Å². The average molecular weight is 389 g/mol. The maximum absolute atomic E-state index is 12.4. The Morgan fingerprint density at radius 2 is 2.11 bits per heavy atom. The van der Waals surface area contributed by atoms with E-state index >= 15 is 0 Å². The summed E-state index contributed by atoms with van der Waals surface area (Å²) in [6.45, 7) is 2.52. The van der Waals surface area contributed by atoms with Crippen molar-refractivity contribution >= 4 is 23.6 Å². The van der Waals surface area contributed by atoms with Gasteiger partial charge in [0.05, 0.1) is 16.7 Å². The molecule has 10 heteroatoms. The lowest BCUT2D eigenvalue weighted by Crippen LogP contribution is -2.22. The first kappa shape index (κ1) is 18.8. The highest BCUT2D eigenvalue weighted by Crippen LogP contribution is 2.27. The number of unbranched alkanes of at least 4 members (excludes halogenated alkanes) is 1. The van der Waals surface area contributed by atoms with E-state index in [0.29, 0.717) is 18.7 Å². The predicted molar refractivity (Wildman–Crippen MR) is 103 cm³/mol. The third kappa shape index (κ3) is 3.75. The van der Waals surface area contributed by atoms with Crippen LogP contribution in [0.3, 0.4) is 0 Å². The van der Waals surface area contributed by atoms with Crippen molar-refractivity contribution < 1.29 is 10.0 Å². The maximum Gasteiger partial charge on any atom is 0.269 e. The van der Waals surface area contributed by atoms with Crippen LogP contribution in [-0.2, 0) is 6.54 Å². The number of H-pyrrole nitrogens is 1. The first-order valence-corrected chi connectivity index (χ1v) is 8.96. The second kappa shape index (κ2) is 7.70. The molecule has 2 aromatic rings. The van der Waals surface area contributed by atoms with Crippen molar-refractivity contribution in [1.82, 2.24) is 15.0 Å². The van der Waals surface area contributed by atoms with Gasteiger partial charge >= 0.3 is 0 Å². The molecule has 1 aliphatic rings. The number of nitro benzene ring substituents is 1. The van der Waals surface area contributed by atoms with Crippen LogP contribution in [0.25, 0.3) is 0 Å². The molecule has 1 aliphatic heterocycles. The molecule has 1 aromatic heterocycles. The number of hydrogen-bond acceptors (Lipinski definition) is 7. The molecule has 0 spiro atoms. The highest BCUT2D eigenvalue weighted by Gasteiger charge is 2.27. The van der Waals surface area contributed by atoms with Crippen molar-refractivity contribution in [3.05, 3.63) is 60.6 Å². The molecule has 27 heavy (non-hydrogen) atoms. The Labute approximate surface area is 159 Å². The predicted octanol–water partition coefficient (Wildman–Crippen LogP) is 2.76. The van der Waals surface area contributed by atoms with Crippen molar-refractivity contribution in [1.29, 1.82) is 0 Å². The number of hydrogen-bond donors (Lipinski definition) is 3. The van der Waals surface area contributed by atoms with Crippen molar-refractivity contribution in [3.8, 4) is 5.88 Å². The zero-order valence-electron chi connectivity index (χ0n) is 14.6. The van der Waals surface area contributed by atoms with Gasteiger partial charge in [-0.1, -0.05) is 25.5 Å². The van der Waals surface area contributed by atoms with E-state index in [1.54, 1.807) is 12.1 Å². The summed E-state index contributed by atoms with van der Waals surface area (Å²) in [5.41, 5.74) is 3.74. The molecular weight excluding hydrogens is 370 g/mol. The van der Waals surface area contributed by atoms with Gasteiger partial charge in [-0.2, -0.15) is 5.10 Å². The fourth-order valence-electron chi connectivity index (χ4n) is 2.96. The lowest BCUT2D eigenvalue weighted by atomic mass is 10.00. The lowest BCUT2D eigenvalue weighted by molar-refractivity contribution is -0.384. The number of nitrogens with zero attached hydrogens (tertiary/aromatic N) is 3. The van der Waals surface area contributed by atoms with Gasteiger partial charge in [-0.05, 0) is 24.2 Å². The van der Waals surface area contributed by atoms with Gasteiger partial charge in [0.1, 0.15) is 5.56 Å². The number of nitrogens with one attached hydrogen (secondary N) is 2. The maximum atomic E-state index is 12.4. The standard InChI is InChI=1S/C17H19N5O4S/c1-2-3-8-21-16(24)14(15(23)18-17(21)27)13-9-12(19-20-13)10-4-6-11(7-5-10)22(25)26/h4-7,12,19,24H,2-3,8-9H2,1H3,(H,18,23,27)/t12-/m0/s1. The SMILES string of the molecule is CCCCn1c(O)c(C2=NN[C@H](c3ccc([N+](=O)[O-])cc3)C2)c(=O)[nH]c1=S. The van der Waals surface area contributed by atoms with Crippen LogP contribution in [0.4, 0.5) is 5.69 Å². The van der Waals surface area contributed by atoms with Crippen LogP contribution in [0.5, 0.6) is 5.88 Å². The Balaban J connectivity index is 1.87. The molecule has 1 atom stereocenters. The van der Waals surface area contributed by atoms with Crippen LogP contribution in [0, 0.1) is 14.9 Å². The van der Waals surface area contributed by atoms with E-state index in [-0.39, 0.29) is 27.9 Å². The molecular formula is C17H19N5O4S. The van der Waals surface area contributed by atoms with E-state index in [2.05, 4.69) is 15.5 Å². The summed E-state index contributed by atoms with van der Waals surface area (Å²) >= 11 is 5.14. The topological polar surface area (TPSA) is 126 Å². The molecule has 142 valence electrons. The molecule has 9 nitrogen and oxygen atoms in total. The second-order valence-electron chi connectivity index (χ2n) is 6.26. The molecule has 0 unspecified atom stereocenters. The Kier molecular flexibility index (Phi) is 5.36. The van der Waals surface area contributed by atoms with Crippen LogP contribution >= 0.6 is 12.2 Å². The first-order chi connectivity index (χ1) is 12.9. The van der Waals surface area contributed by atoms with E-state index in [0.717, 1.165) is 18.4 Å². The van der Waals surface area contributed by atoms with E-state index in [9.17, 15) is 20.0 Å². The van der Waals surface area contributed by atoms with Gasteiger partial charge in [0.2, 0.25) is 5.88 Å². The number of aromatic hydroxyl groups is 1. The summed E-state index contributed by atoms with van der Waals surface area (Å²) in [7, 11) is 0. The molecule has 3 N–H and O–H groups in total.